The van der Waals surface area contributed by atoms with Crippen molar-refractivity contribution < 1.29 is 14.5 Å². The summed E-state index contributed by atoms with van der Waals surface area (Å²) in [5.74, 6) is 0.590. The van der Waals surface area contributed by atoms with Crippen LogP contribution in [0, 0.1) is 10.1 Å². The second-order valence-corrected chi connectivity index (χ2v) is 6.95. The summed E-state index contributed by atoms with van der Waals surface area (Å²) in [5.41, 5.74) is 10.4. The third-order valence-corrected chi connectivity index (χ3v) is 4.87. The summed E-state index contributed by atoms with van der Waals surface area (Å²) in [6.07, 6.45) is 0. The van der Waals surface area contributed by atoms with E-state index in [1.807, 2.05) is 6.92 Å². The summed E-state index contributed by atoms with van der Waals surface area (Å²) >= 11 is 0. The van der Waals surface area contributed by atoms with Crippen LogP contribution in [0.25, 0.3) is 16.9 Å². The molecule has 3 rings (SSSR count). The first-order valence-electron chi connectivity index (χ1n) is 9.85. The number of carbonyl (C=O) groups excluding carboxylic acids is 1. The van der Waals surface area contributed by atoms with E-state index in [0.29, 0.717) is 29.2 Å². The van der Waals surface area contributed by atoms with Crippen LogP contribution in [0.4, 0.5) is 21.9 Å². The summed E-state index contributed by atoms with van der Waals surface area (Å²) in [5, 5.41) is 16.1. The molecule has 0 bridgehead atoms. The van der Waals surface area contributed by atoms with Crippen LogP contribution in [0.3, 0.4) is 0 Å². The number of hydrogen-bond acceptors (Lipinski definition) is 8. The van der Waals surface area contributed by atoms with Crippen molar-refractivity contribution in [1.82, 2.24) is 15.2 Å². The number of carbonyl (C=O) groups is 1. The van der Waals surface area contributed by atoms with Crippen LogP contribution in [0.1, 0.15) is 6.92 Å². The van der Waals surface area contributed by atoms with E-state index in [0.717, 1.165) is 4.68 Å². The Morgan fingerprint density at radius 3 is 2.67 bits per heavy atom. The average Bonchev–Trinajstić information content (AvgIpc) is 2.82. The third kappa shape index (κ3) is 5.01. The molecule has 1 heterocycles. The molecule has 0 aliphatic heterocycles. The number of ether oxygens (including phenoxy) is 1. The van der Waals surface area contributed by atoms with Gasteiger partial charge in [0, 0.05) is 25.2 Å². The monoisotopic (exact) mass is 453 g/mol. The Morgan fingerprint density at radius 2 is 2.03 bits per heavy atom. The smallest absolute Gasteiger partial charge is 0.330 e. The molecule has 0 aliphatic rings. The topological polar surface area (TPSA) is 158 Å². The number of hydrogen-bond donors (Lipinski definition) is 3. The Morgan fingerprint density at radius 1 is 1.27 bits per heavy atom. The van der Waals surface area contributed by atoms with Crippen LogP contribution < -0.4 is 31.8 Å². The molecule has 0 saturated heterocycles. The van der Waals surface area contributed by atoms with Gasteiger partial charge in [0.2, 0.25) is 0 Å². The Hall–Kier alpha value is -4.61. The zero-order valence-electron chi connectivity index (χ0n) is 18.2. The van der Waals surface area contributed by atoms with Gasteiger partial charge in [-0.1, -0.05) is 12.1 Å². The van der Waals surface area contributed by atoms with Gasteiger partial charge in [-0.2, -0.15) is 9.78 Å². The highest BCUT2D eigenvalue weighted by molar-refractivity contribution is 5.74. The number of nitrogens with two attached hydrogens (primary N) is 1. The number of nitrogens with one attached hydrogen (secondary N) is 2. The van der Waals surface area contributed by atoms with E-state index in [-0.39, 0.29) is 17.1 Å². The summed E-state index contributed by atoms with van der Waals surface area (Å²) in [4.78, 5) is 37.2. The molecule has 0 fully saturated rings. The van der Waals surface area contributed by atoms with E-state index in [2.05, 4.69) is 16.0 Å². The van der Waals surface area contributed by atoms with Gasteiger partial charge in [0.05, 0.1) is 23.4 Å². The molecule has 1 aromatic heterocycles. The zero-order chi connectivity index (χ0) is 24.1. The first-order valence-corrected chi connectivity index (χ1v) is 9.85. The van der Waals surface area contributed by atoms with Crippen LogP contribution in [0.5, 0.6) is 5.75 Å². The van der Waals surface area contributed by atoms with Crippen LogP contribution in [0.15, 0.2) is 53.3 Å². The highest BCUT2D eigenvalue weighted by atomic mass is 16.6. The van der Waals surface area contributed by atoms with E-state index in [1.165, 1.54) is 25.3 Å². The largest absolute Gasteiger partial charge is 0.497 e. The average molecular weight is 453 g/mol. The Labute approximate surface area is 188 Å². The molecule has 2 amide bonds. The van der Waals surface area contributed by atoms with Gasteiger partial charge in [-0.15, -0.1) is 0 Å². The van der Waals surface area contributed by atoms with Gasteiger partial charge in [0.25, 0.3) is 11.2 Å². The van der Waals surface area contributed by atoms with Crippen molar-refractivity contribution in [2.45, 2.75) is 6.92 Å². The maximum absolute atomic E-state index is 13.3. The fourth-order valence-corrected chi connectivity index (χ4v) is 3.07. The third-order valence-electron chi connectivity index (χ3n) is 4.87. The summed E-state index contributed by atoms with van der Waals surface area (Å²) in [6, 6.07) is 11.8. The molecular formula is C21H23N7O5. The molecule has 0 aliphatic carbocycles. The van der Waals surface area contributed by atoms with Gasteiger partial charge in [-0.05, 0) is 37.3 Å². The minimum absolute atomic E-state index is 0.0863. The molecule has 12 nitrogen and oxygen atoms in total. The van der Waals surface area contributed by atoms with Gasteiger partial charge < -0.3 is 15.4 Å². The van der Waals surface area contributed by atoms with Crippen molar-refractivity contribution in [1.29, 1.82) is 0 Å². The van der Waals surface area contributed by atoms with E-state index in [9.17, 15) is 19.7 Å². The number of urea groups is 1. The van der Waals surface area contributed by atoms with Crippen molar-refractivity contribution in [3.05, 3.63) is 69.0 Å². The molecule has 0 radical (unpaired) electrons. The number of anilines is 2. The summed E-state index contributed by atoms with van der Waals surface area (Å²) < 4.78 is 6.25. The van der Waals surface area contributed by atoms with Crippen molar-refractivity contribution in [3.63, 3.8) is 0 Å². The Balaban J connectivity index is 2.28. The minimum atomic E-state index is -0.850. The predicted molar refractivity (Wildman–Crippen MR) is 124 cm³/mol. The van der Waals surface area contributed by atoms with E-state index in [1.54, 1.807) is 42.3 Å². The normalized spacial score (nSPS) is 10.4. The molecule has 4 N–H and O–H groups in total. The van der Waals surface area contributed by atoms with Gasteiger partial charge >= 0.3 is 6.03 Å². The van der Waals surface area contributed by atoms with Crippen molar-refractivity contribution >= 4 is 23.1 Å². The van der Waals surface area contributed by atoms with Crippen molar-refractivity contribution in [2.75, 3.05) is 31.0 Å². The number of rotatable bonds is 8. The van der Waals surface area contributed by atoms with E-state index < -0.39 is 16.5 Å². The van der Waals surface area contributed by atoms with Crippen LogP contribution in [-0.2, 0) is 0 Å². The molecule has 0 spiro atoms. The van der Waals surface area contributed by atoms with Gasteiger partial charge in [0.1, 0.15) is 17.1 Å². The number of aromatic nitrogens is 2. The predicted octanol–water partition coefficient (Wildman–Crippen LogP) is 2.27. The number of nitrogens with zero attached hydrogens (tertiary/aromatic N) is 4. The number of benzene rings is 2. The Kier molecular flexibility index (Phi) is 6.77. The number of amides is 2. The lowest BCUT2D eigenvalue weighted by Gasteiger charge is -2.19. The van der Waals surface area contributed by atoms with Gasteiger partial charge in [-0.3, -0.25) is 25.8 Å². The van der Waals surface area contributed by atoms with Crippen LogP contribution >= 0.6 is 0 Å². The number of primary amides is 1. The first kappa shape index (κ1) is 23.1. The minimum Gasteiger partial charge on any atom is -0.497 e. The standard InChI is InChI=1S/C21H23N7O5/c1-4-26(2)19-12-16(13-6-5-7-15(10-13)33-3)25-27(20(19)29)18-11-14(23-24-21(22)30)8-9-17(18)28(31)32/h5-12,23H,4H2,1-3H3,(H3,22,24,30). The quantitative estimate of drug-likeness (QED) is 0.346. The molecule has 12 heteroatoms. The van der Waals surface area contributed by atoms with Gasteiger partial charge in [0.15, 0.2) is 0 Å². The maximum atomic E-state index is 13.3. The second-order valence-electron chi connectivity index (χ2n) is 6.95. The lowest BCUT2D eigenvalue weighted by Crippen LogP contribution is -2.34. The number of methoxy groups -OCH3 is 1. The number of hydrazine groups is 1. The fourth-order valence-electron chi connectivity index (χ4n) is 3.07. The molecular weight excluding hydrogens is 430 g/mol. The zero-order valence-corrected chi connectivity index (χ0v) is 18.2. The van der Waals surface area contributed by atoms with Gasteiger partial charge in [-0.25, -0.2) is 4.79 Å². The lowest BCUT2D eigenvalue weighted by molar-refractivity contribution is -0.384. The maximum Gasteiger partial charge on any atom is 0.330 e. The Bertz CT molecular complexity index is 1260. The highest BCUT2D eigenvalue weighted by Gasteiger charge is 2.22. The SMILES string of the molecule is CCN(C)c1cc(-c2cccc(OC)c2)nn(-c2cc(NNC(N)=O)ccc2[N+](=O)[O-])c1=O. The van der Waals surface area contributed by atoms with Crippen molar-refractivity contribution in [3.8, 4) is 22.7 Å². The summed E-state index contributed by atoms with van der Waals surface area (Å²) in [7, 11) is 3.27. The van der Waals surface area contributed by atoms with Crippen molar-refractivity contribution in [2.24, 2.45) is 5.73 Å². The van der Waals surface area contributed by atoms with Crippen LogP contribution in [-0.4, -0.2) is 41.4 Å². The van der Waals surface area contributed by atoms with Crippen LogP contribution in [0.2, 0.25) is 0 Å². The van der Waals surface area contributed by atoms with E-state index >= 15 is 0 Å². The molecule has 2 aromatic carbocycles. The number of nitro benzene ring substituents is 1. The first-order chi connectivity index (χ1) is 15.7. The molecule has 0 saturated carbocycles. The molecule has 3 aromatic rings. The molecule has 172 valence electrons. The fraction of sp³-hybridized carbons (Fsp3) is 0.190. The van der Waals surface area contributed by atoms with E-state index in [4.69, 9.17) is 10.5 Å². The second kappa shape index (κ2) is 9.68. The molecule has 0 atom stereocenters. The molecule has 33 heavy (non-hydrogen) atoms. The lowest BCUT2D eigenvalue weighted by atomic mass is 10.1. The number of nitro groups is 1. The highest BCUT2D eigenvalue weighted by Crippen LogP contribution is 2.28. The molecule has 0 unspecified atom stereocenters. The summed E-state index contributed by atoms with van der Waals surface area (Å²) in [6.45, 7) is 2.39.